The molecule has 3 nitrogen and oxygen atoms in total. The van der Waals surface area contributed by atoms with Crippen molar-refractivity contribution in [1.29, 1.82) is 0 Å². The van der Waals surface area contributed by atoms with Gasteiger partial charge in [-0.05, 0) is 23.7 Å². The molecule has 2 rings (SSSR count). The van der Waals surface area contributed by atoms with Gasteiger partial charge < -0.3 is 9.68 Å². The maximum Gasteiger partial charge on any atom is 0.560 e. The Bertz CT molecular complexity index is 545. The smallest absolute Gasteiger partial charge is 0.532 e. The molecular weight excluding hydrogens is 234 g/mol. The third kappa shape index (κ3) is 2.75. The summed E-state index contributed by atoms with van der Waals surface area (Å²) in [6.45, 7) is 0. The summed E-state index contributed by atoms with van der Waals surface area (Å²) in [6, 6.07) is 12.5. The van der Waals surface area contributed by atoms with E-state index in [0.29, 0.717) is 11.7 Å². The second-order valence-electron chi connectivity index (χ2n) is 3.68. The van der Waals surface area contributed by atoms with Crippen molar-refractivity contribution in [3.63, 3.8) is 0 Å². The molecule has 0 spiro atoms. The molecule has 0 saturated carbocycles. The lowest BCUT2D eigenvalue weighted by Gasteiger charge is -2.10. The zero-order valence-corrected chi connectivity index (χ0v) is 9.42. The van der Waals surface area contributed by atoms with Crippen LogP contribution in [0.3, 0.4) is 0 Å². The van der Waals surface area contributed by atoms with E-state index in [1.54, 1.807) is 24.3 Å². The minimum absolute atomic E-state index is 0.104. The standard InChI is InChI=1S/C13H10BFO3/c15-13-7-6-12(8-10(13)9-16)18-14(17)11-4-2-1-3-5-11/h1-9,17H. The highest BCUT2D eigenvalue weighted by Crippen LogP contribution is 2.15. The van der Waals surface area contributed by atoms with Crippen molar-refractivity contribution in [3.8, 4) is 5.75 Å². The number of benzene rings is 2. The Morgan fingerprint density at radius 2 is 1.89 bits per heavy atom. The fourth-order valence-corrected chi connectivity index (χ4v) is 1.50. The third-order valence-corrected chi connectivity index (χ3v) is 2.43. The molecule has 0 unspecified atom stereocenters. The van der Waals surface area contributed by atoms with Gasteiger partial charge in [-0.2, -0.15) is 0 Å². The van der Waals surface area contributed by atoms with Gasteiger partial charge in [0.25, 0.3) is 0 Å². The summed E-state index contributed by atoms with van der Waals surface area (Å²) in [4.78, 5) is 10.6. The molecule has 0 fully saturated rings. The van der Waals surface area contributed by atoms with Crippen LogP contribution in [0.1, 0.15) is 10.4 Å². The lowest BCUT2D eigenvalue weighted by Crippen LogP contribution is -2.36. The maximum atomic E-state index is 13.1. The maximum absolute atomic E-state index is 13.1. The van der Waals surface area contributed by atoms with Crippen LogP contribution in [0.25, 0.3) is 0 Å². The molecule has 0 bridgehead atoms. The quantitative estimate of drug-likeness (QED) is 0.653. The van der Waals surface area contributed by atoms with E-state index in [9.17, 15) is 14.2 Å². The Balaban J connectivity index is 2.17. The fourth-order valence-electron chi connectivity index (χ4n) is 1.50. The van der Waals surface area contributed by atoms with E-state index in [-0.39, 0.29) is 11.3 Å². The topological polar surface area (TPSA) is 46.5 Å². The van der Waals surface area contributed by atoms with E-state index in [4.69, 9.17) is 4.65 Å². The molecule has 1 N–H and O–H groups in total. The molecule has 18 heavy (non-hydrogen) atoms. The van der Waals surface area contributed by atoms with Gasteiger partial charge in [0.2, 0.25) is 0 Å². The SMILES string of the molecule is O=Cc1cc(OB(O)c2ccccc2)ccc1F. The summed E-state index contributed by atoms with van der Waals surface area (Å²) in [5, 5.41) is 9.80. The Morgan fingerprint density at radius 3 is 2.56 bits per heavy atom. The Hall–Kier alpha value is -2.14. The summed E-state index contributed by atoms with van der Waals surface area (Å²) in [5.74, 6) is -0.388. The highest BCUT2D eigenvalue weighted by atomic mass is 19.1. The van der Waals surface area contributed by atoms with Gasteiger partial charge in [-0.1, -0.05) is 30.3 Å². The number of carbonyl (C=O) groups excluding carboxylic acids is 1. The molecule has 0 saturated heterocycles. The van der Waals surface area contributed by atoms with Gasteiger partial charge in [-0.15, -0.1) is 0 Å². The van der Waals surface area contributed by atoms with Crippen LogP contribution in [0.15, 0.2) is 48.5 Å². The van der Waals surface area contributed by atoms with Gasteiger partial charge in [-0.3, -0.25) is 4.79 Å². The summed E-state index contributed by atoms with van der Waals surface area (Å²) < 4.78 is 18.3. The molecule has 0 aliphatic rings. The minimum atomic E-state index is -1.16. The summed E-state index contributed by atoms with van der Waals surface area (Å²) in [6.07, 6.45) is 0.400. The predicted molar refractivity (Wildman–Crippen MR) is 66.5 cm³/mol. The van der Waals surface area contributed by atoms with E-state index in [1.807, 2.05) is 6.07 Å². The normalized spacial score (nSPS) is 9.89. The molecule has 0 radical (unpaired) electrons. The minimum Gasteiger partial charge on any atom is -0.532 e. The number of aldehydes is 1. The molecule has 0 atom stereocenters. The van der Waals surface area contributed by atoms with E-state index in [1.165, 1.54) is 12.1 Å². The van der Waals surface area contributed by atoms with Crippen molar-refractivity contribution in [1.82, 2.24) is 0 Å². The first-order valence-electron chi connectivity index (χ1n) is 5.35. The number of halogens is 1. The van der Waals surface area contributed by atoms with Crippen molar-refractivity contribution in [2.75, 3.05) is 0 Å². The molecule has 90 valence electrons. The highest BCUT2D eigenvalue weighted by Gasteiger charge is 2.18. The van der Waals surface area contributed by atoms with Crippen molar-refractivity contribution < 1.29 is 18.9 Å². The van der Waals surface area contributed by atoms with Crippen molar-refractivity contribution in [2.24, 2.45) is 0 Å². The van der Waals surface area contributed by atoms with Crippen LogP contribution in [-0.2, 0) is 0 Å². The van der Waals surface area contributed by atoms with Gasteiger partial charge in [0, 0.05) is 0 Å². The third-order valence-electron chi connectivity index (χ3n) is 2.43. The molecule has 0 aliphatic carbocycles. The Labute approximate surface area is 104 Å². The Kier molecular flexibility index (Phi) is 3.74. The van der Waals surface area contributed by atoms with E-state index < -0.39 is 12.9 Å². The van der Waals surface area contributed by atoms with Crippen LogP contribution < -0.4 is 10.1 Å². The first kappa shape index (κ1) is 12.3. The zero-order valence-electron chi connectivity index (χ0n) is 9.42. The summed E-state index contributed by atoms with van der Waals surface area (Å²) in [7, 11) is -1.16. The Morgan fingerprint density at radius 1 is 1.17 bits per heavy atom. The van der Waals surface area contributed by atoms with Gasteiger partial charge in [0.05, 0.1) is 5.56 Å². The van der Waals surface area contributed by atoms with Gasteiger partial charge in [-0.25, -0.2) is 4.39 Å². The molecule has 5 heteroatoms. The fraction of sp³-hybridized carbons (Fsp3) is 0. The van der Waals surface area contributed by atoms with Crippen LogP contribution in [0.2, 0.25) is 0 Å². The molecule has 0 aliphatic heterocycles. The van der Waals surface area contributed by atoms with E-state index in [2.05, 4.69) is 0 Å². The van der Waals surface area contributed by atoms with Crippen molar-refractivity contribution in [2.45, 2.75) is 0 Å². The van der Waals surface area contributed by atoms with E-state index >= 15 is 0 Å². The number of carbonyl (C=O) groups is 1. The molecule has 0 heterocycles. The lowest BCUT2D eigenvalue weighted by atomic mass is 9.79. The molecule has 0 aromatic heterocycles. The van der Waals surface area contributed by atoms with Crippen molar-refractivity contribution in [3.05, 3.63) is 59.9 Å². The van der Waals surface area contributed by atoms with Crippen LogP contribution in [-0.4, -0.2) is 18.4 Å². The van der Waals surface area contributed by atoms with Crippen LogP contribution in [0.4, 0.5) is 4.39 Å². The first-order chi connectivity index (χ1) is 8.70. The average molecular weight is 244 g/mol. The number of hydrogen-bond donors (Lipinski definition) is 1. The lowest BCUT2D eigenvalue weighted by molar-refractivity contribution is 0.111. The van der Waals surface area contributed by atoms with Crippen molar-refractivity contribution >= 4 is 18.9 Å². The first-order valence-corrected chi connectivity index (χ1v) is 5.35. The second-order valence-corrected chi connectivity index (χ2v) is 3.68. The van der Waals surface area contributed by atoms with Gasteiger partial charge in [0.1, 0.15) is 11.6 Å². The predicted octanol–water partition coefficient (Wildman–Crippen LogP) is 1.40. The molecule has 0 amide bonds. The zero-order chi connectivity index (χ0) is 13.0. The number of hydrogen-bond acceptors (Lipinski definition) is 3. The van der Waals surface area contributed by atoms with Gasteiger partial charge >= 0.3 is 7.12 Å². The number of rotatable bonds is 4. The monoisotopic (exact) mass is 244 g/mol. The van der Waals surface area contributed by atoms with Crippen LogP contribution >= 0.6 is 0 Å². The highest BCUT2D eigenvalue weighted by molar-refractivity contribution is 6.60. The van der Waals surface area contributed by atoms with Gasteiger partial charge in [0.15, 0.2) is 6.29 Å². The van der Waals surface area contributed by atoms with E-state index in [0.717, 1.165) is 6.07 Å². The molecule has 2 aromatic carbocycles. The summed E-state index contributed by atoms with van der Waals surface area (Å²) in [5.41, 5.74) is 0.474. The average Bonchev–Trinajstić information content (AvgIpc) is 2.42. The van der Waals surface area contributed by atoms with Crippen LogP contribution in [0, 0.1) is 5.82 Å². The summed E-state index contributed by atoms with van der Waals surface area (Å²) >= 11 is 0. The van der Waals surface area contributed by atoms with Crippen LogP contribution in [0.5, 0.6) is 5.75 Å². The second kappa shape index (κ2) is 5.47. The molecular formula is C13H10BFO3. The largest absolute Gasteiger partial charge is 0.560 e. The molecule has 2 aromatic rings.